The van der Waals surface area contributed by atoms with Gasteiger partial charge in [-0.3, -0.25) is 14.9 Å². The van der Waals surface area contributed by atoms with Gasteiger partial charge >= 0.3 is 6.03 Å². The Kier molecular flexibility index (Phi) is 4.53. The van der Waals surface area contributed by atoms with Crippen LogP contribution in [0.4, 0.5) is 4.79 Å². The number of urea groups is 1. The molecule has 144 valence electrons. The van der Waals surface area contributed by atoms with Crippen molar-refractivity contribution in [2.75, 3.05) is 6.61 Å². The number of imide groups is 1. The molecule has 0 aromatic heterocycles. The van der Waals surface area contributed by atoms with Gasteiger partial charge in [0.05, 0.1) is 5.56 Å². The quantitative estimate of drug-likeness (QED) is 0.735. The molecule has 4 aliphatic rings. The lowest BCUT2D eigenvalue weighted by molar-refractivity contribution is -0.122. The van der Waals surface area contributed by atoms with Crippen molar-refractivity contribution >= 4 is 17.8 Å². The van der Waals surface area contributed by atoms with E-state index in [2.05, 4.69) is 10.6 Å². The Morgan fingerprint density at radius 1 is 1.04 bits per heavy atom. The lowest BCUT2D eigenvalue weighted by atomic mass is 9.53. The van der Waals surface area contributed by atoms with Gasteiger partial charge in [0.15, 0.2) is 6.61 Å². The highest BCUT2D eigenvalue weighted by Gasteiger charge is 2.51. The summed E-state index contributed by atoms with van der Waals surface area (Å²) in [6.07, 6.45) is 6.91. The van der Waals surface area contributed by atoms with Gasteiger partial charge in [-0.2, -0.15) is 0 Å². The third kappa shape index (κ3) is 3.77. The first-order valence-corrected chi connectivity index (χ1v) is 9.56. The van der Waals surface area contributed by atoms with Crippen LogP contribution >= 0.6 is 0 Å². The molecule has 27 heavy (non-hydrogen) atoms. The third-order valence-electron chi connectivity index (χ3n) is 6.18. The van der Waals surface area contributed by atoms with E-state index in [1.54, 1.807) is 18.2 Å². The molecule has 0 saturated heterocycles. The van der Waals surface area contributed by atoms with E-state index in [0.717, 1.165) is 19.3 Å². The molecule has 0 radical (unpaired) electrons. The van der Waals surface area contributed by atoms with Crippen molar-refractivity contribution in [1.29, 1.82) is 0 Å². The molecule has 7 heteroatoms. The highest BCUT2D eigenvalue weighted by molar-refractivity contribution is 5.97. The second-order valence-corrected chi connectivity index (χ2v) is 8.35. The van der Waals surface area contributed by atoms with E-state index in [1.165, 1.54) is 25.3 Å². The maximum absolute atomic E-state index is 12.4. The van der Waals surface area contributed by atoms with E-state index in [1.807, 2.05) is 0 Å². The standard InChI is InChI=1S/C20H25N3O4/c21-18(25)15-3-1-2-4-16(15)27-11-17(24)22-19(26)23-20-8-12-5-13(9-20)7-14(6-12)10-20/h1-4,12-14H,5-11H2,(H2,21,25)(H2,22,23,24,26). The molecule has 0 unspecified atom stereocenters. The molecule has 4 aliphatic carbocycles. The Bertz CT molecular complexity index is 741. The lowest BCUT2D eigenvalue weighted by Gasteiger charge is -2.56. The number of carbonyl (C=O) groups excluding carboxylic acids is 3. The highest BCUT2D eigenvalue weighted by atomic mass is 16.5. The van der Waals surface area contributed by atoms with Gasteiger partial charge in [-0.25, -0.2) is 4.79 Å². The number of para-hydroxylation sites is 1. The molecular formula is C20H25N3O4. The fourth-order valence-electron chi connectivity index (χ4n) is 5.64. The SMILES string of the molecule is NC(=O)c1ccccc1OCC(=O)NC(=O)NC12CC3CC(CC(C3)C1)C2. The maximum Gasteiger partial charge on any atom is 0.321 e. The second-order valence-electron chi connectivity index (χ2n) is 8.35. The van der Waals surface area contributed by atoms with Crippen LogP contribution in [0.15, 0.2) is 24.3 Å². The van der Waals surface area contributed by atoms with Gasteiger partial charge in [-0.1, -0.05) is 12.1 Å². The number of carbonyl (C=O) groups is 3. The monoisotopic (exact) mass is 371 g/mol. The first-order valence-electron chi connectivity index (χ1n) is 9.56. The van der Waals surface area contributed by atoms with Gasteiger partial charge in [0, 0.05) is 5.54 Å². The Hall–Kier alpha value is -2.57. The number of rotatable bonds is 5. The number of nitrogens with two attached hydrogens (primary N) is 1. The predicted octanol–water partition coefficient (Wildman–Crippen LogP) is 1.96. The smallest absolute Gasteiger partial charge is 0.321 e. The summed E-state index contributed by atoms with van der Waals surface area (Å²) < 4.78 is 5.36. The summed E-state index contributed by atoms with van der Waals surface area (Å²) in [5.41, 5.74) is 5.33. The summed E-state index contributed by atoms with van der Waals surface area (Å²) >= 11 is 0. The van der Waals surface area contributed by atoms with Crippen molar-refractivity contribution in [3.05, 3.63) is 29.8 Å². The average Bonchev–Trinajstić information content (AvgIpc) is 2.58. The summed E-state index contributed by atoms with van der Waals surface area (Å²) in [5.74, 6) is 1.16. The van der Waals surface area contributed by atoms with Crippen LogP contribution in [0.3, 0.4) is 0 Å². The van der Waals surface area contributed by atoms with E-state index in [9.17, 15) is 14.4 Å². The molecule has 1 aromatic carbocycles. The zero-order valence-corrected chi connectivity index (χ0v) is 15.2. The zero-order valence-electron chi connectivity index (χ0n) is 15.2. The van der Waals surface area contributed by atoms with E-state index >= 15 is 0 Å². The van der Waals surface area contributed by atoms with Crippen molar-refractivity contribution in [3.8, 4) is 5.75 Å². The van der Waals surface area contributed by atoms with Gasteiger partial charge in [-0.05, 0) is 68.4 Å². The number of amides is 4. The molecule has 4 bridgehead atoms. The van der Waals surface area contributed by atoms with Crippen LogP contribution in [0.2, 0.25) is 0 Å². The minimum absolute atomic E-state index is 0.154. The average molecular weight is 371 g/mol. The number of primary amides is 1. The van der Waals surface area contributed by atoms with Gasteiger partial charge in [0.25, 0.3) is 11.8 Å². The molecule has 4 saturated carbocycles. The molecule has 7 nitrogen and oxygen atoms in total. The summed E-state index contributed by atoms with van der Waals surface area (Å²) in [6.45, 7) is -0.363. The Morgan fingerprint density at radius 2 is 1.63 bits per heavy atom. The Morgan fingerprint density at radius 3 is 2.22 bits per heavy atom. The normalized spacial score (nSPS) is 30.6. The lowest BCUT2D eigenvalue weighted by Crippen LogP contribution is -2.62. The molecule has 4 N–H and O–H groups in total. The number of nitrogens with one attached hydrogen (secondary N) is 2. The van der Waals surface area contributed by atoms with E-state index in [-0.39, 0.29) is 23.5 Å². The minimum Gasteiger partial charge on any atom is -0.483 e. The number of ether oxygens (including phenoxy) is 1. The first kappa shape index (κ1) is 17.8. The van der Waals surface area contributed by atoms with Gasteiger partial charge < -0.3 is 15.8 Å². The molecule has 4 amide bonds. The van der Waals surface area contributed by atoms with Crippen LogP contribution in [-0.4, -0.2) is 30.0 Å². The van der Waals surface area contributed by atoms with Crippen molar-refractivity contribution in [1.82, 2.24) is 10.6 Å². The summed E-state index contributed by atoms with van der Waals surface area (Å²) in [4.78, 5) is 35.8. The topological polar surface area (TPSA) is 111 Å². The third-order valence-corrected chi connectivity index (χ3v) is 6.18. The molecule has 0 spiro atoms. The molecule has 1 aromatic rings. The first-order chi connectivity index (χ1) is 12.9. The minimum atomic E-state index is -0.634. The molecule has 0 aliphatic heterocycles. The van der Waals surface area contributed by atoms with Gasteiger partial charge in [-0.15, -0.1) is 0 Å². The van der Waals surface area contributed by atoms with E-state index < -0.39 is 17.8 Å². The van der Waals surface area contributed by atoms with Crippen LogP contribution in [-0.2, 0) is 4.79 Å². The number of benzene rings is 1. The maximum atomic E-state index is 12.4. The fraction of sp³-hybridized carbons (Fsp3) is 0.550. The second kappa shape index (κ2) is 6.87. The molecule has 0 atom stereocenters. The van der Waals surface area contributed by atoms with Crippen molar-refractivity contribution in [3.63, 3.8) is 0 Å². The van der Waals surface area contributed by atoms with Crippen LogP contribution in [0.5, 0.6) is 5.75 Å². The van der Waals surface area contributed by atoms with Gasteiger partial charge in [0.2, 0.25) is 0 Å². The summed E-state index contributed by atoms with van der Waals surface area (Å²) in [5, 5.41) is 5.43. The Labute approximate surface area is 158 Å². The molecule has 5 rings (SSSR count). The molecule has 0 heterocycles. The largest absolute Gasteiger partial charge is 0.483 e. The van der Waals surface area contributed by atoms with Crippen LogP contribution < -0.4 is 21.1 Å². The van der Waals surface area contributed by atoms with Crippen molar-refractivity contribution in [2.24, 2.45) is 23.5 Å². The zero-order chi connectivity index (χ0) is 19.0. The van der Waals surface area contributed by atoms with E-state index in [0.29, 0.717) is 17.8 Å². The Balaban J connectivity index is 1.30. The predicted molar refractivity (Wildman–Crippen MR) is 98.0 cm³/mol. The van der Waals surface area contributed by atoms with Crippen LogP contribution in [0.1, 0.15) is 48.9 Å². The van der Waals surface area contributed by atoms with Crippen LogP contribution in [0.25, 0.3) is 0 Å². The van der Waals surface area contributed by atoms with Gasteiger partial charge in [0.1, 0.15) is 5.75 Å². The fourth-order valence-corrected chi connectivity index (χ4v) is 5.64. The van der Waals surface area contributed by atoms with Crippen molar-refractivity contribution < 1.29 is 19.1 Å². The van der Waals surface area contributed by atoms with E-state index in [4.69, 9.17) is 10.5 Å². The number of hydrogen-bond acceptors (Lipinski definition) is 4. The van der Waals surface area contributed by atoms with Crippen molar-refractivity contribution in [2.45, 2.75) is 44.1 Å². The molecule has 4 fully saturated rings. The number of hydrogen-bond donors (Lipinski definition) is 3. The summed E-state index contributed by atoms with van der Waals surface area (Å²) in [6, 6.07) is 5.96. The summed E-state index contributed by atoms with van der Waals surface area (Å²) in [7, 11) is 0. The highest BCUT2D eigenvalue weighted by Crippen LogP contribution is 2.55. The van der Waals surface area contributed by atoms with Crippen LogP contribution in [0, 0.1) is 17.8 Å². The molecular weight excluding hydrogens is 346 g/mol.